The molecule has 1 aliphatic heterocycles. The number of carbonyl (C=O) groups excluding carboxylic acids is 2. The second kappa shape index (κ2) is 10.2. The van der Waals surface area contributed by atoms with Gasteiger partial charge in [-0.05, 0) is 96.5 Å². The Morgan fingerprint density at radius 2 is 1.59 bits per heavy atom. The van der Waals surface area contributed by atoms with E-state index in [-0.39, 0.29) is 16.9 Å². The van der Waals surface area contributed by atoms with Crippen LogP contribution in [0.3, 0.4) is 0 Å². The standard InChI is InChI=1S/C22H24IN3O2S/c1-15-6-7-17(14-19(15)23)20(27)25-22(29)24-18-10-8-16(9-11-18)21(28)26-12-4-2-3-5-13-26/h6-11,14H,2-5,12-13H2,1H3,(H2,24,25,27,29). The average Bonchev–Trinajstić information content (AvgIpc) is 2.99. The lowest BCUT2D eigenvalue weighted by molar-refractivity contribution is 0.0761. The number of thiocarbonyl (C=S) groups is 1. The molecule has 0 aliphatic carbocycles. The summed E-state index contributed by atoms with van der Waals surface area (Å²) < 4.78 is 1.03. The van der Waals surface area contributed by atoms with Crippen LogP contribution in [0.1, 0.15) is 52.0 Å². The van der Waals surface area contributed by atoms with Gasteiger partial charge in [0.2, 0.25) is 0 Å². The molecule has 0 bridgehead atoms. The van der Waals surface area contributed by atoms with E-state index in [2.05, 4.69) is 33.2 Å². The van der Waals surface area contributed by atoms with Gasteiger partial charge in [-0.1, -0.05) is 18.9 Å². The van der Waals surface area contributed by atoms with E-state index in [0.29, 0.717) is 11.1 Å². The molecule has 0 spiro atoms. The van der Waals surface area contributed by atoms with E-state index in [0.717, 1.165) is 40.8 Å². The van der Waals surface area contributed by atoms with Gasteiger partial charge in [-0.3, -0.25) is 14.9 Å². The highest BCUT2D eigenvalue weighted by molar-refractivity contribution is 14.1. The van der Waals surface area contributed by atoms with Gasteiger partial charge in [0, 0.05) is 33.5 Å². The number of benzene rings is 2. The van der Waals surface area contributed by atoms with Crippen LogP contribution in [0.5, 0.6) is 0 Å². The van der Waals surface area contributed by atoms with Gasteiger partial charge < -0.3 is 10.2 Å². The molecule has 0 atom stereocenters. The van der Waals surface area contributed by atoms with E-state index < -0.39 is 0 Å². The molecule has 0 saturated carbocycles. The van der Waals surface area contributed by atoms with Crippen LogP contribution in [0.4, 0.5) is 5.69 Å². The molecule has 0 unspecified atom stereocenters. The summed E-state index contributed by atoms with van der Waals surface area (Å²) in [5, 5.41) is 5.91. The number of hydrogen-bond donors (Lipinski definition) is 2. The minimum atomic E-state index is -0.256. The molecule has 2 amide bonds. The molecule has 2 N–H and O–H groups in total. The molecule has 2 aromatic rings. The largest absolute Gasteiger partial charge is 0.339 e. The third-order valence-electron chi connectivity index (χ3n) is 4.94. The number of hydrogen-bond acceptors (Lipinski definition) is 3. The molecule has 3 rings (SSSR count). The topological polar surface area (TPSA) is 61.4 Å². The first kappa shape index (κ1) is 21.7. The van der Waals surface area contributed by atoms with E-state index in [1.54, 1.807) is 30.3 Å². The second-order valence-electron chi connectivity index (χ2n) is 7.16. The predicted molar refractivity (Wildman–Crippen MR) is 128 cm³/mol. The molecule has 7 heteroatoms. The smallest absolute Gasteiger partial charge is 0.257 e. The van der Waals surface area contributed by atoms with Crippen LogP contribution in [0.15, 0.2) is 42.5 Å². The summed E-state index contributed by atoms with van der Waals surface area (Å²) in [6, 6.07) is 12.7. The lowest BCUT2D eigenvalue weighted by Gasteiger charge is -2.20. The molecule has 2 aromatic carbocycles. The van der Waals surface area contributed by atoms with Gasteiger partial charge in [0.05, 0.1) is 0 Å². The van der Waals surface area contributed by atoms with E-state index in [1.165, 1.54) is 12.8 Å². The maximum Gasteiger partial charge on any atom is 0.257 e. The summed E-state index contributed by atoms with van der Waals surface area (Å²) in [5.74, 6) is -0.184. The van der Waals surface area contributed by atoms with Gasteiger partial charge in [0.25, 0.3) is 11.8 Å². The van der Waals surface area contributed by atoms with Crippen molar-refractivity contribution in [3.8, 4) is 0 Å². The van der Waals surface area contributed by atoms with Crippen molar-refractivity contribution in [2.75, 3.05) is 18.4 Å². The number of carbonyl (C=O) groups is 2. The summed E-state index contributed by atoms with van der Waals surface area (Å²) in [4.78, 5) is 27.0. The van der Waals surface area contributed by atoms with Gasteiger partial charge in [0.15, 0.2) is 5.11 Å². The molecule has 29 heavy (non-hydrogen) atoms. The number of nitrogens with zero attached hydrogens (tertiary/aromatic N) is 1. The molecule has 5 nitrogen and oxygen atoms in total. The summed E-state index contributed by atoms with van der Waals surface area (Å²) in [6.07, 6.45) is 4.52. The number of anilines is 1. The Morgan fingerprint density at radius 1 is 0.966 bits per heavy atom. The monoisotopic (exact) mass is 521 g/mol. The fourth-order valence-corrected chi connectivity index (χ4v) is 3.95. The Balaban J connectivity index is 1.57. The van der Waals surface area contributed by atoms with Crippen molar-refractivity contribution in [2.45, 2.75) is 32.6 Å². The Morgan fingerprint density at radius 3 is 2.21 bits per heavy atom. The van der Waals surface area contributed by atoms with E-state index in [4.69, 9.17) is 12.2 Å². The van der Waals surface area contributed by atoms with Gasteiger partial charge >= 0.3 is 0 Å². The molecule has 0 radical (unpaired) electrons. The molecule has 0 aromatic heterocycles. The normalized spacial score (nSPS) is 14.1. The maximum absolute atomic E-state index is 12.7. The lowest BCUT2D eigenvalue weighted by Crippen LogP contribution is -2.34. The average molecular weight is 521 g/mol. The van der Waals surface area contributed by atoms with Gasteiger partial charge in [-0.25, -0.2) is 0 Å². The molecular formula is C22H24IN3O2S. The van der Waals surface area contributed by atoms with Gasteiger partial charge in [-0.15, -0.1) is 0 Å². The van der Waals surface area contributed by atoms with Crippen LogP contribution in [-0.2, 0) is 0 Å². The third kappa shape index (κ3) is 5.99. The van der Waals surface area contributed by atoms with Gasteiger partial charge in [-0.2, -0.15) is 0 Å². The number of aryl methyl sites for hydroxylation is 1. The minimum absolute atomic E-state index is 0.0725. The zero-order valence-corrected chi connectivity index (χ0v) is 19.3. The van der Waals surface area contributed by atoms with Crippen molar-refractivity contribution in [1.29, 1.82) is 0 Å². The van der Waals surface area contributed by atoms with Crippen molar-refractivity contribution in [2.24, 2.45) is 0 Å². The number of halogens is 1. The fraction of sp³-hybridized carbons (Fsp3) is 0.318. The molecule has 1 saturated heterocycles. The highest BCUT2D eigenvalue weighted by Crippen LogP contribution is 2.16. The molecule has 1 heterocycles. The Bertz CT molecular complexity index is 907. The number of nitrogens with one attached hydrogen (secondary N) is 2. The highest BCUT2D eigenvalue weighted by atomic mass is 127. The second-order valence-corrected chi connectivity index (χ2v) is 8.73. The number of likely N-dealkylation sites (tertiary alicyclic amines) is 1. The third-order valence-corrected chi connectivity index (χ3v) is 6.31. The van der Waals surface area contributed by atoms with Crippen LogP contribution in [0.2, 0.25) is 0 Å². The van der Waals surface area contributed by atoms with Crippen molar-refractivity contribution in [1.82, 2.24) is 10.2 Å². The first-order valence-electron chi connectivity index (χ1n) is 9.72. The lowest BCUT2D eigenvalue weighted by atomic mass is 10.1. The van der Waals surface area contributed by atoms with Crippen LogP contribution < -0.4 is 10.6 Å². The van der Waals surface area contributed by atoms with Crippen LogP contribution in [0, 0.1) is 10.5 Å². The fourth-order valence-electron chi connectivity index (χ4n) is 3.22. The van der Waals surface area contributed by atoms with Crippen LogP contribution in [-0.4, -0.2) is 34.9 Å². The van der Waals surface area contributed by atoms with Crippen molar-refractivity contribution in [3.05, 3.63) is 62.7 Å². The van der Waals surface area contributed by atoms with Crippen molar-refractivity contribution < 1.29 is 9.59 Å². The van der Waals surface area contributed by atoms with E-state index >= 15 is 0 Å². The zero-order chi connectivity index (χ0) is 20.8. The molecule has 1 aliphatic rings. The predicted octanol–water partition coefficient (Wildman–Crippen LogP) is 4.74. The van der Waals surface area contributed by atoms with E-state index in [1.807, 2.05) is 24.0 Å². The maximum atomic E-state index is 12.7. The summed E-state index contributed by atoms with van der Waals surface area (Å²) in [6.45, 7) is 3.65. The first-order chi connectivity index (χ1) is 13.9. The number of rotatable bonds is 3. The minimum Gasteiger partial charge on any atom is -0.339 e. The van der Waals surface area contributed by atoms with Crippen molar-refractivity contribution in [3.63, 3.8) is 0 Å². The molecular weight excluding hydrogens is 497 g/mol. The Labute approximate surface area is 190 Å². The Hall–Kier alpha value is -2.00. The molecule has 1 fully saturated rings. The first-order valence-corrected chi connectivity index (χ1v) is 11.2. The summed E-state index contributed by atoms with van der Waals surface area (Å²) in [5.41, 5.74) is 3.07. The van der Waals surface area contributed by atoms with Gasteiger partial charge in [0.1, 0.15) is 0 Å². The molecule has 152 valence electrons. The zero-order valence-electron chi connectivity index (χ0n) is 16.3. The van der Waals surface area contributed by atoms with Crippen LogP contribution >= 0.6 is 34.8 Å². The summed E-state index contributed by atoms with van der Waals surface area (Å²) >= 11 is 7.46. The van der Waals surface area contributed by atoms with E-state index in [9.17, 15) is 9.59 Å². The Kier molecular flexibility index (Phi) is 7.60. The van der Waals surface area contributed by atoms with Crippen LogP contribution in [0.25, 0.3) is 0 Å². The highest BCUT2D eigenvalue weighted by Gasteiger charge is 2.17. The quantitative estimate of drug-likeness (QED) is 0.453. The summed E-state index contributed by atoms with van der Waals surface area (Å²) in [7, 11) is 0. The van der Waals surface area contributed by atoms with Crippen molar-refractivity contribution >= 4 is 57.4 Å². The SMILES string of the molecule is Cc1ccc(C(=O)NC(=S)Nc2ccc(C(=O)N3CCCCCC3)cc2)cc1I. The number of amides is 2.